The van der Waals surface area contributed by atoms with Crippen molar-refractivity contribution in [2.24, 2.45) is 0 Å². The zero-order chi connectivity index (χ0) is 16.2. The lowest BCUT2D eigenvalue weighted by Crippen LogP contribution is -2.32. The van der Waals surface area contributed by atoms with Crippen molar-refractivity contribution < 1.29 is 4.79 Å². The van der Waals surface area contributed by atoms with E-state index in [1.807, 2.05) is 60.7 Å². The number of piperidine rings is 1. The fourth-order valence-corrected chi connectivity index (χ4v) is 3.36. The lowest BCUT2D eigenvalue weighted by atomic mass is 9.95. The minimum absolute atomic E-state index is 0.115. The van der Waals surface area contributed by atoms with Gasteiger partial charge >= 0.3 is 0 Å². The van der Waals surface area contributed by atoms with Crippen molar-refractivity contribution in [3.63, 3.8) is 0 Å². The summed E-state index contributed by atoms with van der Waals surface area (Å²) in [4.78, 5) is 12.7. The molecule has 0 aliphatic carbocycles. The number of Topliss-reactive ketones (excluding diaryl/α,β-unsaturated/α-hetero) is 1. The molecule has 1 fully saturated rings. The Morgan fingerprint density at radius 2 is 1.30 bits per heavy atom. The van der Waals surface area contributed by atoms with Gasteiger partial charge in [-0.15, -0.1) is 0 Å². The number of halogens is 2. The second-order valence-corrected chi connectivity index (χ2v) is 7.21. The predicted molar refractivity (Wildman–Crippen MR) is 102 cm³/mol. The zero-order valence-corrected chi connectivity index (χ0v) is 15.5. The van der Waals surface area contributed by atoms with Gasteiger partial charge in [-0.05, 0) is 47.5 Å². The number of nitrogens with one attached hydrogen (secondary N) is 1. The van der Waals surface area contributed by atoms with Gasteiger partial charge in [-0.25, -0.2) is 0 Å². The van der Waals surface area contributed by atoms with Crippen LogP contribution >= 0.6 is 31.9 Å². The number of hydrogen-bond acceptors (Lipinski definition) is 2. The molecule has 0 aromatic heterocycles. The lowest BCUT2D eigenvalue weighted by Gasteiger charge is -2.18. The molecule has 1 heterocycles. The van der Waals surface area contributed by atoms with Gasteiger partial charge in [0.05, 0.1) is 0 Å². The molecule has 1 aliphatic rings. The molecular weight excluding hydrogens is 418 g/mol. The Kier molecular flexibility index (Phi) is 5.26. The molecule has 0 unspecified atom stereocenters. The summed E-state index contributed by atoms with van der Waals surface area (Å²) >= 11 is 6.92. The Balaban J connectivity index is 1.89. The maximum absolute atomic E-state index is 12.7. The highest BCUT2D eigenvalue weighted by Gasteiger charge is 2.20. The number of rotatable bonds is 2. The normalized spacial score (nSPS) is 18.6. The van der Waals surface area contributed by atoms with Crippen molar-refractivity contribution in [2.45, 2.75) is 0 Å². The Labute approximate surface area is 152 Å². The third kappa shape index (κ3) is 4.28. The third-order valence-electron chi connectivity index (χ3n) is 3.59. The van der Waals surface area contributed by atoms with Gasteiger partial charge in [0.15, 0.2) is 5.78 Å². The Bertz CT molecular complexity index is 743. The Hall–Kier alpha value is -1.49. The molecule has 0 radical (unpaired) electrons. The molecule has 0 atom stereocenters. The summed E-state index contributed by atoms with van der Waals surface area (Å²) in [5.74, 6) is 0.115. The van der Waals surface area contributed by atoms with E-state index in [2.05, 4.69) is 37.2 Å². The van der Waals surface area contributed by atoms with Crippen LogP contribution < -0.4 is 5.32 Å². The van der Waals surface area contributed by atoms with E-state index in [1.165, 1.54) is 0 Å². The molecule has 3 rings (SSSR count). The first-order valence-corrected chi connectivity index (χ1v) is 8.88. The predicted octanol–water partition coefficient (Wildman–Crippen LogP) is 4.85. The van der Waals surface area contributed by atoms with E-state index in [-0.39, 0.29) is 5.78 Å². The van der Waals surface area contributed by atoms with Crippen LogP contribution in [0.3, 0.4) is 0 Å². The molecule has 1 saturated heterocycles. The van der Waals surface area contributed by atoms with E-state index in [9.17, 15) is 4.79 Å². The first-order chi connectivity index (χ1) is 11.1. The summed E-state index contributed by atoms with van der Waals surface area (Å²) in [5, 5.41) is 3.30. The van der Waals surface area contributed by atoms with Crippen LogP contribution in [0.5, 0.6) is 0 Å². The standard InChI is InChI=1S/C19H15Br2NO/c20-17-5-1-3-13(9-17)7-15-11-22-12-16(19(15)23)8-14-4-2-6-18(21)10-14/h1-10,22H,11-12H2/b15-7-,16-8+. The molecule has 4 heteroatoms. The molecule has 2 nitrogen and oxygen atoms in total. The smallest absolute Gasteiger partial charge is 0.187 e. The summed E-state index contributed by atoms with van der Waals surface area (Å²) in [5.41, 5.74) is 3.62. The lowest BCUT2D eigenvalue weighted by molar-refractivity contribution is -0.112. The molecule has 23 heavy (non-hydrogen) atoms. The minimum Gasteiger partial charge on any atom is -0.308 e. The maximum Gasteiger partial charge on any atom is 0.187 e. The van der Waals surface area contributed by atoms with Crippen LogP contribution in [-0.2, 0) is 4.79 Å². The quantitative estimate of drug-likeness (QED) is 0.687. The number of carbonyl (C=O) groups excluding carboxylic acids is 1. The first-order valence-electron chi connectivity index (χ1n) is 7.29. The number of ketones is 1. The molecule has 0 amide bonds. The van der Waals surface area contributed by atoms with E-state index in [4.69, 9.17) is 0 Å². The van der Waals surface area contributed by atoms with Crippen LogP contribution in [0.15, 0.2) is 68.6 Å². The van der Waals surface area contributed by atoms with Crippen molar-refractivity contribution in [1.29, 1.82) is 0 Å². The molecular formula is C19H15Br2NO. The summed E-state index contributed by atoms with van der Waals surface area (Å²) in [6.07, 6.45) is 3.90. The van der Waals surface area contributed by atoms with Crippen molar-refractivity contribution in [3.05, 3.63) is 79.7 Å². The van der Waals surface area contributed by atoms with E-state index in [1.54, 1.807) is 0 Å². The van der Waals surface area contributed by atoms with Gasteiger partial charge in [0.1, 0.15) is 0 Å². The largest absolute Gasteiger partial charge is 0.308 e. The number of carbonyl (C=O) groups is 1. The SMILES string of the molecule is O=C1/C(=C\c2cccc(Br)c2)CNC/C1=C\c1cccc(Br)c1. The van der Waals surface area contributed by atoms with E-state index < -0.39 is 0 Å². The van der Waals surface area contributed by atoms with Gasteiger partial charge in [-0.1, -0.05) is 56.1 Å². The highest BCUT2D eigenvalue weighted by molar-refractivity contribution is 9.10. The highest BCUT2D eigenvalue weighted by Crippen LogP contribution is 2.20. The Morgan fingerprint density at radius 3 is 1.74 bits per heavy atom. The van der Waals surface area contributed by atoms with E-state index >= 15 is 0 Å². The molecule has 2 aromatic rings. The average molecular weight is 433 g/mol. The topological polar surface area (TPSA) is 29.1 Å². The van der Waals surface area contributed by atoms with Gasteiger partial charge < -0.3 is 5.32 Å². The fraction of sp³-hybridized carbons (Fsp3) is 0.105. The Morgan fingerprint density at radius 1 is 0.826 bits per heavy atom. The molecule has 2 aromatic carbocycles. The van der Waals surface area contributed by atoms with Crippen LogP contribution in [0.2, 0.25) is 0 Å². The van der Waals surface area contributed by atoms with Crippen LogP contribution in [0.25, 0.3) is 12.2 Å². The molecule has 1 aliphatic heterocycles. The van der Waals surface area contributed by atoms with Crippen molar-refractivity contribution in [1.82, 2.24) is 5.32 Å². The third-order valence-corrected chi connectivity index (χ3v) is 4.58. The second-order valence-electron chi connectivity index (χ2n) is 5.38. The molecule has 0 spiro atoms. The summed E-state index contributed by atoms with van der Waals surface area (Å²) in [6.45, 7) is 1.20. The number of benzene rings is 2. The summed E-state index contributed by atoms with van der Waals surface area (Å²) in [6, 6.07) is 15.9. The average Bonchev–Trinajstić information content (AvgIpc) is 2.51. The zero-order valence-electron chi connectivity index (χ0n) is 12.4. The van der Waals surface area contributed by atoms with E-state index in [0.29, 0.717) is 13.1 Å². The fourth-order valence-electron chi connectivity index (χ4n) is 2.53. The highest BCUT2D eigenvalue weighted by atomic mass is 79.9. The first kappa shape index (κ1) is 16.4. The van der Waals surface area contributed by atoms with Gasteiger partial charge in [-0.3, -0.25) is 4.79 Å². The van der Waals surface area contributed by atoms with Crippen molar-refractivity contribution in [2.75, 3.05) is 13.1 Å². The maximum atomic E-state index is 12.7. The van der Waals surface area contributed by atoms with Crippen LogP contribution in [-0.4, -0.2) is 18.9 Å². The van der Waals surface area contributed by atoms with Crippen LogP contribution in [0.4, 0.5) is 0 Å². The molecule has 116 valence electrons. The summed E-state index contributed by atoms with van der Waals surface area (Å²) in [7, 11) is 0. The monoisotopic (exact) mass is 431 g/mol. The summed E-state index contributed by atoms with van der Waals surface area (Å²) < 4.78 is 2.01. The van der Waals surface area contributed by atoms with Gasteiger partial charge in [-0.2, -0.15) is 0 Å². The minimum atomic E-state index is 0.115. The van der Waals surface area contributed by atoms with Crippen LogP contribution in [0, 0.1) is 0 Å². The van der Waals surface area contributed by atoms with Gasteiger partial charge in [0.25, 0.3) is 0 Å². The second kappa shape index (κ2) is 7.39. The van der Waals surface area contributed by atoms with Crippen LogP contribution in [0.1, 0.15) is 11.1 Å². The molecule has 0 bridgehead atoms. The van der Waals surface area contributed by atoms with E-state index in [0.717, 1.165) is 31.2 Å². The number of hydrogen-bond donors (Lipinski definition) is 1. The molecule has 0 saturated carbocycles. The molecule has 1 N–H and O–H groups in total. The van der Waals surface area contributed by atoms with Crippen molar-refractivity contribution in [3.8, 4) is 0 Å². The van der Waals surface area contributed by atoms with Gasteiger partial charge in [0, 0.05) is 33.2 Å². The van der Waals surface area contributed by atoms with Crippen molar-refractivity contribution >= 4 is 49.8 Å². The van der Waals surface area contributed by atoms with Gasteiger partial charge in [0.2, 0.25) is 0 Å².